The number of rotatable bonds is 9. The van der Waals surface area contributed by atoms with E-state index in [2.05, 4.69) is 87.3 Å². The predicted molar refractivity (Wildman–Crippen MR) is 314 cm³/mol. The monoisotopic (exact) mass is 1250 g/mol. The summed E-state index contributed by atoms with van der Waals surface area (Å²) in [6.07, 6.45) is 9.95. The Labute approximate surface area is 494 Å². The van der Waals surface area contributed by atoms with Gasteiger partial charge in [-0.2, -0.15) is 0 Å². The number of carboxylic acid groups (broad SMARTS) is 1. The Hall–Kier alpha value is -5.89. The number of halogens is 4. The van der Waals surface area contributed by atoms with Crippen LogP contribution in [0, 0.1) is 0 Å². The molecule has 2 saturated heterocycles. The Balaban J connectivity index is 0.000000206. The first-order valence-corrected chi connectivity index (χ1v) is 29.3. The molecule has 422 valence electrons. The molecule has 3 aromatic carbocycles. The van der Waals surface area contributed by atoms with Crippen LogP contribution in [0.5, 0.6) is 0 Å². The summed E-state index contributed by atoms with van der Waals surface area (Å²) in [4.78, 5) is 77.1. The molecule has 3 N–H and O–H groups in total. The summed E-state index contributed by atoms with van der Waals surface area (Å²) in [5, 5.41) is 14.5. The lowest BCUT2D eigenvalue weighted by Crippen LogP contribution is -2.62. The molecule has 5 heterocycles. The minimum absolute atomic E-state index is 0.0356. The van der Waals surface area contributed by atoms with Crippen molar-refractivity contribution in [2.75, 3.05) is 45.8 Å². The molecule has 20 heteroatoms. The fourth-order valence-electron chi connectivity index (χ4n) is 11.2. The molecule has 10 rings (SSSR count). The number of nitrogens with one attached hydrogen (secondary N) is 2. The highest BCUT2D eigenvalue weighted by molar-refractivity contribution is 9.10. The molecule has 2 fully saturated rings. The van der Waals surface area contributed by atoms with Gasteiger partial charge < -0.3 is 24.9 Å². The number of carbonyl (C=O) groups is 4. The molecule has 2 aliphatic heterocycles. The molecule has 80 heavy (non-hydrogen) atoms. The van der Waals surface area contributed by atoms with E-state index in [4.69, 9.17) is 42.6 Å². The third-order valence-corrected chi connectivity index (χ3v) is 16.1. The largest absolute Gasteiger partial charge is 0.480 e. The standard InChI is InChI=1S/C36H40BrClN6O3.C24H27BrClN3O4/c1-36(2,3)47-35(46)44-14-13-43(33-29-12-11-28(38)17-24(29)9-10-25-16-27(37)19-40-32(25)33)21-31(44)34(45)41-18-26(30-20-39-22-42-30)15-23-7-5-4-6-8-23;1-24(2,3)33-23(32)29-9-8-28(13-19(29)22(30)31)21-18-7-6-17(26)11-14(18)4-5-15-10-16(25)12-27-20(15)21/h4-8,11-12,16-17,19-20,22,26,31,33H,9-10,13-15,18,21H2,1-3H3,(H,39,42)(H,41,45);6-7,10-12,19,21H,4-5,8-9,13H2,1-3H3,(H,30,31)/t26?,31-,33?;19-,21?/m11/s1. The van der Waals surface area contributed by atoms with E-state index in [9.17, 15) is 24.3 Å². The van der Waals surface area contributed by atoms with E-state index in [1.165, 1.54) is 4.90 Å². The normalized spacial score (nSPS) is 19.8. The van der Waals surface area contributed by atoms with Crippen LogP contribution in [0.25, 0.3) is 0 Å². The molecule has 2 aliphatic carbocycles. The molecule has 0 bridgehead atoms. The van der Waals surface area contributed by atoms with E-state index < -0.39 is 41.4 Å². The number of benzene rings is 3. The van der Waals surface area contributed by atoms with Crippen LogP contribution in [-0.2, 0) is 51.2 Å². The molecule has 5 atom stereocenters. The number of imidazole rings is 1. The number of aromatic nitrogens is 4. The number of amides is 3. The van der Waals surface area contributed by atoms with Crippen molar-refractivity contribution in [3.63, 3.8) is 0 Å². The fraction of sp³-hybridized carbons (Fsp3) is 0.417. The van der Waals surface area contributed by atoms with Gasteiger partial charge in [-0.15, -0.1) is 0 Å². The van der Waals surface area contributed by atoms with Crippen LogP contribution in [0.15, 0.2) is 113 Å². The Morgan fingerprint density at radius 2 is 1.16 bits per heavy atom. The van der Waals surface area contributed by atoms with E-state index in [1.807, 2.05) is 75.5 Å². The Bertz CT molecular complexity index is 3110. The highest BCUT2D eigenvalue weighted by Gasteiger charge is 2.44. The number of nitrogens with zero attached hydrogens (tertiary/aromatic N) is 7. The smallest absolute Gasteiger partial charge is 0.411 e. The third-order valence-electron chi connectivity index (χ3n) is 14.8. The minimum Gasteiger partial charge on any atom is -0.480 e. The summed E-state index contributed by atoms with van der Waals surface area (Å²) in [6.45, 7) is 13.3. The van der Waals surface area contributed by atoms with Crippen molar-refractivity contribution in [1.82, 2.24) is 44.9 Å². The number of aromatic amines is 1. The first-order chi connectivity index (χ1) is 38.1. The lowest BCUT2D eigenvalue weighted by Gasteiger charge is -2.44. The van der Waals surface area contributed by atoms with Crippen molar-refractivity contribution in [2.45, 2.75) is 115 Å². The molecular weight excluding hydrogens is 1190 g/mol. The summed E-state index contributed by atoms with van der Waals surface area (Å²) in [5.41, 5.74) is 9.31. The number of hydrogen-bond donors (Lipinski definition) is 3. The van der Waals surface area contributed by atoms with Crippen LogP contribution in [0.2, 0.25) is 10.0 Å². The summed E-state index contributed by atoms with van der Waals surface area (Å²) in [5.74, 6) is -1.32. The highest BCUT2D eigenvalue weighted by atomic mass is 79.9. The molecule has 3 unspecified atom stereocenters. The number of piperazine rings is 2. The van der Waals surface area contributed by atoms with Gasteiger partial charge in [0.15, 0.2) is 0 Å². The zero-order valence-electron chi connectivity index (χ0n) is 45.7. The van der Waals surface area contributed by atoms with Crippen LogP contribution >= 0.6 is 55.1 Å². The number of aryl methyl sites for hydroxylation is 4. The number of fused-ring (bicyclic) bond motifs is 4. The van der Waals surface area contributed by atoms with Crippen molar-refractivity contribution in [3.8, 4) is 0 Å². The van der Waals surface area contributed by atoms with Gasteiger partial charge in [0.1, 0.15) is 23.3 Å². The highest BCUT2D eigenvalue weighted by Crippen LogP contribution is 2.41. The minimum atomic E-state index is -1.06. The second-order valence-corrected chi connectivity index (χ2v) is 25.4. The molecule has 3 aromatic heterocycles. The third kappa shape index (κ3) is 14.2. The molecule has 16 nitrogen and oxygen atoms in total. The Kier molecular flexibility index (Phi) is 18.4. The number of carbonyl (C=O) groups excluding carboxylic acids is 3. The summed E-state index contributed by atoms with van der Waals surface area (Å²) in [7, 11) is 0. The fourth-order valence-corrected chi connectivity index (χ4v) is 12.3. The second kappa shape index (κ2) is 25.1. The number of ether oxygens (including phenoxy) is 2. The average molecular weight is 1260 g/mol. The predicted octanol–water partition coefficient (Wildman–Crippen LogP) is 11.2. The molecule has 4 aliphatic rings. The van der Waals surface area contributed by atoms with E-state index in [-0.39, 0.29) is 37.0 Å². The lowest BCUT2D eigenvalue weighted by molar-refractivity contribution is -0.146. The van der Waals surface area contributed by atoms with E-state index in [0.29, 0.717) is 42.8 Å². The number of hydrogen-bond acceptors (Lipinski definition) is 11. The van der Waals surface area contributed by atoms with Crippen molar-refractivity contribution in [2.24, 2.45) is 0 Å². The summed E-state index contributed by atoms with van der Waals surface area (Å²) < 4.78 is 13.1. The first kappa shape index (κ1) is 58.8. The SMILES string of the molecule is CC(C)(C)OC(=O)N1CCN(C2c3ccc(Cl)cc3CCc3cc(Br)cnc32)C[C@@H]1C(=O)NCC(Cc1ccccc1)c1cnc[nH]1.CC(C)(C)OC(=O)N1CCN(C2c3ccc(Cl)cc3CCc3cc(Br)cnc32)C[C@@H]1C(=O)O. The zero-order chi connectivity index (χ0) is 57.0. The summed E-state index contributed by atoms with van der Waals surface area (Å²) in [6, 6.07) is 24.0. The van der Waals surface area contributed by atoms with E-state index in [1.54, 1.807) is 44.4 Å². The van der Waals surface area contributed by atoms with Crippen molar-refractivity contribution < 1.29 is 33.8 Å². The maximum Gasteiger partial charge on any atom is 0.411 e. The van der Waals surface area contributed by atoms with Gasteiger partial charge in [-0.3, -0.25) is 34.4 Å². The van der Waals surface area contributed by atoms with Crippen LogP contribution in [0.1, 0.15) is 116 Å². The topological polar surface area (TPSA) is 186 Å². The maximum atomic E-state index is 14.2. The van der Waals surface area contributed by atoms with Gasteiger partial charge in [0.25, 0.3) is 0 Å². The number of aliphatic carboxylic acids is 1. The van der Waals surface area contributed by atoms with Gasteiger partial charge in [0.05, 0.1) is 29.8 Å². The van der Waals surface area contributed by atoms with Crippen LogP contribution in [0.4, 0.5) is 9.59 Å². The van der Waals surface area contributed by atoms with Crippen molar-refractivity contribution >= 4 is 79.1 Å². The maximum absolute atomic E-state index is 14.2. The molecular formula is C60H67Br2Cl2N9O7. The van der Waals surface area contributed by atoms with Crippen LogP contribution < -0.4 is 5.32 Å². The van der Waals surface area contributed by atoms with Gasteiger partial charge >= 0.3 is 18.2 Å². The molecule has 6 aromatic rings. The molecule has 3 amide bonds. The number of H-pyrrole nitrogens is 1. The molecule has 0 saturated carbocycles. The van der Waals surface area contributed by atoms with Crippen LogP contribution in [-0.4, -0.2) is 138 Å². The van der Waals surface area contributed by atoms with Gasteiger partial charge in [0.2, 0.25) is 5.91 Å². The van der Waals surface area contributed by atoms with Gasteiger partial charge in [0, 0.05) is 95.0 Å². The van der Waals surface area contributed by atoms with Crippen LogP contribution in [0.3, 0.4) is 0 Å². The Morgan fingerprint density at radius 1 is 0.675 bits per heavy atom. The Morgan fingerprint density at radius 3 is 1.64 bits per heavy atom. The van der Waals surface area contributed by atoms with E-state index >= 15 is 0 Å². The second-order valence-electron chi connectivity index (χ2n) is 22.7. The number of carboxylic acids is 1. The van der Waals surface area contributed by atoms with Gasteiger partial charge in [-0.05, 0) is 181 Å². The summed E-state index contributed by atoms with van der Waals surface area (Å²) >= 11 is 19.9. The first-order valence-electron chi connectivity index (χ1n) is 26.9. The van der Waals surface area contributed by atoms with Crippen molar-refractivity contribution in [3.05, 3.63) is 179 Å². The van der Waals surface area contributed by atoms with Gasteiger partial charge in [-0.1, -0.05) is 65.7 Å². The quantitative estimate of drug-likeness (QED) is 0.125. The van der Waals surface area contributed by atoms with Gasteiger partial charge in [-0.25, -0.2) is 19.4 Å². The molecule has 0 radical (unpaired) electrons. The van der Waals surface area contributed by atoms with Crippen molar-refractivity contribution in [1.29, 1.82) is 0 Å². The average Bonchev–Trinajstić information content (AvgIpc) is 3.84. The van der Waals surface area contributed by atoms with E-state index in [0.717, 1.165) is 97.1 Å². The zero-order valence-corrected chi connectivity index (χ0v) is 50.4. The number of pyridine rings is 2. The lowest BCUT2D eigenvalue weighted by atomic mass is 9.94. The molecule has 0 spiro atoms.